The maximum absolute atomic E-state index is 6.25. The van der Waals surface area contributed by atoms with Gasteiger partial charge in [-0.05, 0) is 60.2 Å². The fraction of sp³-hybridized carbons (Fsp3) is 0.308. The number of ether oxygens (including phenoxy) is 2. The van der Waals surface area contributed by atoms with Crippen molar-refractivity contribution in [3.05, 3.63) is 83.4 Å². The second-order valence-electron chi connectivity index (χ2n) is 8.31. The van der Waals surface area contributed by atoms with Gasteiger partial charge >= 0.3 is 0 Å². The highest BCUT2D eigenvalue weighted by molar-refractivity contribution is 5.45. The number of rotatable bonds is 6. The fourth-order valence-electron chi connectivity index (χ4n) is 3.06. The Hall–Kier alpha value is -2.74. The van der Waals surface area contributed by atoms with Crippen LogP contribution in [0, 0.1) is 6.92 Å². The molecule has 2 heteroatoms. The molecule has 0 aliphatic rings. The maximum atomic E-state index is 6.25. The van der Waals surface area contributed by atoms with Gasteiger partial charge in [-0.3, -0.25) is 0 Å². The summed E-state index contributed by atoms with van der Waals surface area (Å²) in [5.74, 6) is 3.31. The molecule has 0 bridgehead atoms. The molecule has 0 atom stereocenters. The van der Waals surface area contributed by atoms with Crippen molar-refractivity contribution < 1.29 is 9.47 Å². The van der Waals surface area contributed by atoms with Gasteiger partial charge in [0.2, 0.25) is 0 Å². The van der Waals surface area contributed by atoms with Crippen LogP contribution < -0.4 is 9.47 Å². The van der Waals surface area contributed by atoms with E-state index in [1.807, 2.05) is 36.4 Å². The molecule has 0 N–H and O–H groups in total. The number of hydrogen-bond donors (Lipinski definition) is 0. The molecule has 0 fully saturated rings. The summed E-state index contributed by atoms with van der Waals surface area (Å²) in [6, 6.07) is 22.6. The van der Waals surface area contributed by atoms with Crippen LogP contribution in [0.15, 0.2) is 66.7 Å². The van der Waals surface area contributed by atoms with Gasteiger partial charge in [-0.1, -0.05) is 70.0 Å². The number of hydrogen-bond acceptors (Lipinski definition) is 2. The van der Waals surface area contributed by atoms with E-state index < -0.39 is 0 Å². The zero-order valence-corrected chi connectivity index (χ0v) is 17.6. The molecule has 0 spiro atoms. The highest BCUT2D eigenvalue weighted by Gasteiger charge is 2.14. The highest BCUT2D eigenvalue weighted by atomic mass is 16.5. The van der Waals surface area contributed by atoms with Crippen LogP contribution in [0.25, 0.3) is 0 Å². The van der Waals surface area contributed by atoms with Gasteiger partial charge < -0.3 is 9.47 Å². The monoisotopic (exact) mass is 374 g/mol. The molecular weight excluding hydrogens is 344 g/mol. The summed E-state index contributed by atoms with van der Waals surface area (Å²) in [7, 11) is 0. The molecule has 0 unspecified atom stereocenters. The van der Waals surface area contributed by atoms with Crippen molar-refractivity contribution in [2.75, 3.05) is 0 Å². The Morgan fingerprint density at radius 3 is 1.89 bits per heavy atom. The van der Waals surface area contributed by atoms with Crippen LogP contribution in [0.3, 0.4) is 0 Å². The normalized spacial score (nSPS) is 11.3. The Balaban J connectivity index is 1.84. The van der Waals surface area contributed by atoms with E-state index in [1.165, 1.54) is 16.7 Å². The maximum Gasteiger partial charge on any atom is 0.134 e. The number of aryl methyl sites for hydroxylation is 2. The van der Waals surface area contributed by atoms with Crippen LogP contribution in [0.1, 0.15) is 50.8 Å². The summed E-state index contributed by atoms with van der Waals surface area (Å²) < 4.78 is 12.3. The van der Waals surface area contributed by atoms with Gasteiger partial charge in [-0.25, -0.2) is 0 Å². The summed E-state index contributed by atoms with van der Waals surface area (Å²) in [6.07, 6.45) is 2.04. The Morgan fingerprint density at radius 2 is 1.29 bits per heavy atom. The van der Waals surface area contributed by atoms with Crippen molar-refractivity contribution in [3.63, 3.8) is 0 Å². The van der Waals surface area contributed by atoms with E-state index in [0.29, 0.717) is 0 Å². The van der Waals surface area contributed by atoms with Crippen molar-refractivity contribution in [2.45, 2.75) is 52.9 Å². The molecule has 0 saturated heterocycles. The molecule has 0 saturated carbocycles. The quantitative estimate of drug-likeness (QED) is 0.437. The lowest BCUT2D eigenvalue weighted by Gasteiger charge is -2.19. The molecule has 0 aromatic heterocycles. The summed E-state index contributed by atoms with van der Waals surface area (Å²) in [6.45, 7) is 10.9. The fourth-order valence-corrected chi connectivity index (χ4v) is 3.06. The van der Waals surface area contributed by atoms with Crippen molar-refractivity contribution in [3.8, 4) is 23.0 Å². The second kappa shape index (κ2) is 8.52. The third-order valence-corrected chi connectivity index (χ3v) is 4.76. The molecule has 0 aliphatic carbocycles. The summed E-state index contributed by atoms with van der Waals surface area (Å²) in [5.41, 5.74) is 3.84. The summed E-state index contributed by atoms with van der Waals surface area (Å²) >= 11 is 0. The minimum absolute atomic E-state index is 0.133. The Bertz CT molecular complexity index is 901. The highest BCUT2D eigenvalue weighted by Crippen LogP contribution is 2.33. The Morgan fingerprint density at radius 1 is 0.714 bits per heavy atom. The second-order valence-corrected chi connectivity index (χ2v) is 8.31. The first-order valence-electron chi connectivity index (χ1n) is 10.0. The molecule has 3 rings (SSSR count). The molecule has 28 heavy (non-hydrogen) atoms. The van der Waals surface area contributed by atoms with E-state index >= 15 is 0 Å². The Kier molecular flexibility index (Phi) is 6.08. The van der Waals surface area contributed by atoms with Gasteiger partial charge in [0.25, 0.3) is 0 Å². The predicted octanol–water partition coefficient (Wildman–Crippen LogP) is 7.83. The van der Waals surface area contributed by atoms with E-state index in [2.05, 4.69) is 65.0 Å². The summed E-state index contributed by atoms with van der Waals surface area (Å²) in [5, 5.41) is 0. The third-order valence-electron chi connectivity index (χ3n) is 4.76. The van der Waals surface area contributed by atoms with Gasteiger partial charge in [-0.15, -0.1) is 0 Å². The van der Waals surface area contributed by atoms with Gasteiger partial charge in [0, 0.05) is 6.07 Å². The van der Waals surface area contributed by atoms with Crippen molar-refractivity contribution >= 4 is 0 Å². The van der Waals surface area contributed by atoms with Crippen LogP contribution in [-0.4, -0.2) is 0 Å². The van der Waals surface area contributed by atoms with Crippen LogP contribution in [-0.2, 0) is 11.8 Å². The van der Waals surface area contributed by atoms with Gasteiger partial charge in [0.1, 0.15) is 23.0 Å². The van der Waals surface area contributed by atoms with Crippen LogP contribution >= 0.6 is 0 Å². The molecule has 3 aromatic carbocycles. The first kappa shape index (κ1) is 20.0. The Labute approximate surface area is 169 Å². The smallest absolute Gasteiger partial charge is 0.134 e. The van der Waals surface area contributed by atoms with Crippen LogP contribution in [0.4, 0.5) is 0 Å². The first-order chi connectivity index (χ1) is 13.3. The molecule has 0 radical (unpaired) electrons. The van der Waals surface area contributed by atoms with Crippen molar-refractivity contribution in [1.82, 2.24) is 0 Å². The minimum Gasteiger partial charge on any atom is -0.457 e. The van der Waals surface area contributed by atoms with Crippen LogP contribution in [0.5, 0.6) is 23.0 Å². The van der Waals surface area contributed by atoms with Crippen molar-refractivity contribution in [2.24, 2.45) is 0 Å². The minimum atomic E-state index is 0.133. The van der Waals surface area contributed by atoms with Gasteiger partial charge in [0.15, 0.2) is 0 Å². The predicted molar refractivity (Wildman–Crippen MR) is 117 cm³/mol. The van der Waals surface area contributed by atoms with E-state index in [9.17, 15) is 0 Å². The topological polar surface area (TPSA) is 18.5 Å². The standard InChI is InChI=1S/C26H30O2/c1-6-7-20-10-15-24(27-22-13-8-19(2)9-14-22)18-25(20)28-23-16-11-21(12-17-23)26(3,4)5/h8-18H,6-7H2,1-5H3. The average Bonchev–Trinajstić information content (AvgIpc) is 2.65. The average molecular weight is 375 g/mol. The molecule has 0 heterocycles. The lowest BCUT2D eigenvalue weighted by molar-refractivity contribution is 0.455. The number of benzene rings is 3. The third kappa shape index (κ3) is 5.16. The largest absolute Gasteiger partial charge is 0.457 e. The molecule has 2 nitrogen and oxygen atoms in total. The molecular formula is C26H30O2. The molecule has 0 aliphatic heterocycles. The van der Waals surface area contributed by atoms with E-state index in [0.717, 1.165) is 35.8 Å². The SMILES string of the molecule is CCCc1ccc(Oc2ccc(C)cc2)cc1Oc1ccc(C(C)(C)C)cc1. The van der Waals surface area contributed by atoms with E-state index in [-0.39, 0.29) is 5.41 Å². The van der Waals surface area contributed by atoms with E-state index in [1.54, 1.807) is 0 Å². The summed E-state index contributed by atoms with van der Waals surface area (Å²) in [4.78, 5) is 0. The first-order valence-corrected chi connectivity index (χ1v) is 10.0. The van der Waals surface area contributed by atoms with Gasteiger partial charge in [-0.2, -0.15) is 0 Å². The van der Waals surface area contributed by atoms with E-state index in [4.69, 9.17) is 9.47 Å². The molecule has 146 valence electrons. The molecule has 0 amide bonds. The van der Waals surface area contributed by atoms with Crippen LogP contribution in [0.2, 0.25) is 0 Å². The zero-order chi connectivity index (χ0) is 20.1. The van der Waals surface area contributed by atoms with Gasteiger partial charge in [0.05, 0.1) is 0 Å². The lowest BCUT2D eigenvalue weighted by atomic mass is 9.87. The lowest BCUT2D eigenvalue weighted by Crippen LogP contribution is -2.10. The zero-order valence-electron chi connectivity index (χ0n) is 17.6. The molecule has 3 aromatic rings. The van der Waals surface area contributed by atoms with Crippen molar-refractivity contribution in [1.29, 1.82) is 0 Å².